The summed E-state index contributed by atoms with van der Waals surface area (Å²) >= 11 is 0. The minimum Gasteiger partial charge on any atom is -0.286 e. The molecule has 0 aliphatic heterocycles. The maximum Gasteiger partial charge on any atom is 0.246 e. The van der Waals surface area contributed by atoms with Crippen molar-refractivity contribution in [1.82, 2.24) is 10.1 Å². The third-order valence-corrected chi connectivity index (χ3v) is 12.2. The zero-order chi connectivity index (χ0) is 24.7. The number of carbonyl (C=O) groups is 2. The Morgan fingerprint density at radius 1 is 0.556 bits per heavy atom. The van der Waals surface area contributed by atoms with Crippen molar-refractivity contribution in [2.75, 3.05) is 0 Å². The number of hydrogen-bond donors (Lipinski definition) is 2. The number of amides is 2. The van der Waals surface area contributed by atoms with Gasteiger partial charge in [-0.1, -0.05) is 12.8 Å². The van der Waals surface area contributed by atoms with Crippen LogP contribution < -0.4 is 0 Å². The Balaban J connectivity index is 1.02. The topological polar surface area (TPSA) is 81.1 Å². The molecule has 0 unspecified atom stereocenters. The molecule has 9 rings (SSSR count). The number of hydrogen-bond acceptors (Lipinski definition) is 4. The van der Waals surface area contributed by atoms with Crippen LogP contribution in [0.15, 0.2) is 0 Å². The molecule has 2 atom stereocenters. The molecule has 6 heteroatoms. The summed E-state index contributed by atoms with van der Waals surface area (Å²) in [5.74, 6) is 4.26. The summed E-state index contributed by atoms with van der Waals surface area (Å²) in [4.78, 5) is 26.9. The highest BCUT2D eigenvalue weighted by Crippen LogP contribution is 2.62. The highest BCUT2D eigenvalue weighted by molar-refractivity contribution is 5.78. The fourth-order valence-electron chi connectivity index (χ4n) is 11.8. The number of nitrogens with zero attached hydrogens (tertiary/aromatic N) is 2. The van der Waals surface area contributed by atoms with Crippen molar-refractivity contribution in [1.29, 1.82) is 0 Å². The highest BCUT2D eigenvalue weighted by Gasteiger charge is 2.54. The van der Waals surface area contributed by atoms with Gasteiger partial charge in [-0.05, 0) is 136 Å². The van der Waals surface area contributed by atoms with E-state index in [2.05, 4.69) is 0 Å². The predicted octanol–water partition coefficient (Wildman–Crippen LogP) is 5.95. The van der Waals surface area contributed by atoms with E-state index in [1.807, 2.05) is 0 Å². The maximum atomic E-state index is 13.5. The Hall–Kier alpha value is -1.14. The van der Waals surface area contributed by atoms with Crippen molar-refractivity contribution in [3.63, 3.8) is 0 Å². The molecule has 6 nitrogen and oxygen atoms in total. The van der Waals surface area contributed by atoms with E-state index in [-0.39, 0.29) is 22.6 Å². The molecule has 0 aromatic rings. The average molecular weight is 499 g/mol. The summed E-state index contributed by atoms with van der Waals surface area (Å²) in [6.45, 7) is 0. The molecule has 0 heterocycles. The smallest absolute Gasteiger partial charge is 0.246 e. The van der Waals surface area contributed by atoms with Gasteiger partial charge in [-0.3, -0.25) is 20.0 Å². The zero-order valence-electron chi connectivity index (χ0n) is 22.0. The summed E-state index contributed by atoms with van der Waals surface area (Å²) in [5.41, 5.74) is 0.147. The van der Waals surface area contributed by atoms with Crippen molar-refractivity contribution >= 4 is 11.8 Å². The third-order valence-electron chi connectivity index (χ3n) is 12.2. The van der Waals surface area contributed by atoms with Crippen LogP contribution in [0, 0.1) is 46.3 Å². The Kier molecular flexibility index (Phi) is 5.78. The van der Waals surface area contributed by atoms with Gasteiger partial charge in [-0.2, -0.15) is 0 Å². The first-order chi connectivity index (χ1) is 17.3. The van der Waals surface area contributed by atoms with Gasteiger partial charge in [0.1, 0.15) is 0 Å². The molecule has 9 fully saturated rings. The van der Waals surface area contributed by atoms with Crippen LogP contribution in [0.5, 0.6) is 0 Å². The zero-order valence-corrected chi connectivity index (χ0v) is 22.0. The van der Waals surface area contributed by atoms with Gasteiger partial charge in [0.2, 0.25) is 11.8 Å². The van der Waals surface area contributed by atoms with Crippen molar-refractivity contribution < 1.29 is 20.0 Å². The number of carbonyl (C=O) groups excluding carboxylic acids is 2. The Labute approximate surface area is 216 Å². The van der Waals surface area contributed by atoms with Gasteiger partial charge in [-0.25, -0.2) is 10.1 Å². The minimum atomic E-state index is -0.495. The molecule has 9 aliphatic carbocycles. The molecule has 9 saturated carbocycles. The second kappa shape index (κ2) is 8.69. The van der Waals surface area contributed by atoms with E-state index in [1.165, 1.54) is 38.5 Å². The standard InChI is InChI=1S/C30H46N2O4/c33-27(17-29-11-19-5-20(12-29)7-21(6-19)13-29)31(35)25-3-1-2-4-26(25)32(36)28(34)18-30-14-22-8-23(15-30)10-24(9-22)16-30/h19-26,35-36H,1-18H2/t19?,20?,21?,22?,23?,24?,25-,26-,29?,30?/m1/s1. The van der Waals surface area contributed by atoms with Crippen molar-refractivity contribution in [3.8, 4) is 0 Å². The van der Waals surface area contributed by atoms with Crippen LogP contribution in [0.2, 0.25) is 0 Å². The number of hydroxylamine groups is 4. The molecule has 0 aromatic carbocycles. The molecule has 8 bridgehead atoms. The monoisotopic (exact) mass is 498 g/mol. The van der Waals surface area contributed by atoms with Crippen molar-refractivity contribution in [2.24, 2.45) is 46.3 Å². The molecule has 2 amide bonds. The van der Waals surface area contributed by atoms with Crippen LogP contribution >= 0.6 is 0 Å². The lowest BCUT2D eigenvalue weighted by atomic mass is 9.49. The fraction of sp³-hybridized carbons (Fsp3) is 0.933. The lowest BCUT2D eigenvalue weighted by molar-refractivity contribution is -0.218. The molecule has 9 aliphatic rings. The van der Waals surface area contributed by atoms with E-state index < -0.39 is 12.1 Å². The van der Waals surface area contributed by atoms with E-state index in [1.54, 1.807) is 0 Å². The molecule has 0 spiro atoms. The molecular weight excluding hydrogens is 452 g/mol. The van der Waals surface area contributed by atoms with E-state index >= 15 is 0 Å². The van der Waals surface area contributed by atoms with Gasteiger partial charge in [0.05, 0.1) is 12.1 Å². The van der Waals surface area contributed by atoms with Crippen LogP contribution in [0.3, 0.4) is 0 Å². The minimum absolute atomic E-state index is 0.0736. The normalized spacial score (nSPS) is 48.3. The Bertz CT molecular complexity index is 759. The predicted molar refractivity (Wildman–Crippen MR) is 134 cm³/mol. The second-order valence-electron chi connectivity index (χ2n) is 15.1. The van der Waals surface area contributed by atoms with Crippen LogP contribution in [0.25, 0.3) is 0 Å². The number of rotatable bonds is 6. The van der Waals surface area contributed by atoms with Gasteiger partial charge < -0.3 is 0 Å². The molecule has 36 heavy (non-hydrogen) atoms. The summed E-state index contributed by atoms with van der Waals surface area (Å²) in [7, 11) is 0. The van der Waals surface area contributed by atoms with Gasteiger partial charge in [0.25, 0.3) is 0 Å². The highest BCUT2D eigenvalue weighted by atomic mass is 16.5. The SMILES string of the molecule is O=C(CC12CC3CC(CC(C3)C1)C2)N(O)[C@@H]1CCCC[C@H]1N(O)C(=O)CC12CC3CC(CC(C3)C1)C2. The van der Waals surface area contributed by atoms with Crippen molar-refractivity contribution in [2.45, 2.75) is 128 Å². The molecule has 0 radical (unpaired) electrons. The first kappa shape index (κ1) is 23.9. The van der Waals surface area contributed by atoms with Crippen LogP contribution in [0.1, 0.15) is 116 Å². The van der Waals surface area contributed by atoms with E-state index in [0.29, 0.717) is 25.7 Å². The van der Waals surface area contributed by atoms with Crippen LogP contribution in [-0.4, -0.2) is 44.4 Å². The molecular formula is C30H46N2O4. The summed E-state index contributed by atoms with van der Waals surface area (Å²) in [6.07, 6.45) is 18.9. The third kappa shape index (κ3) is 4.13. The molecule has 200 valence electrons. The molecule has 0 aromatic heterocycles. The first-order valence-electron chi connectivity index (χ1n) is 15.3. The van der Waals surface area contributed by atoms with E-state index in [0.717, 1.165) is 97.0 Å². The lowest BCUT2D eigenvalue weighted by Crippen LogP contribution is -2.57. The fourth-order valence-corrected chi connectivity index (χ4v) is 11.8. The van der Waals surface area contributed by atoms with Gasteiger partial charge in [-0.15, -0.1) is 0 Å². The van der Waals surface area contributed by atoms with Gasteiger partial charge >= 0.3 is 0 Å². The first-order valence-corrected chi connectivity index (χ1v) is 15.3. The van der Waals surface area contributed by atoms with Crippen molar-refractivity contribution in [3.05, 3.63) is 0 Å². The maximum absolute atomic E-state index is 13.5. The quantitative estimate of drug-likeness (QED) is 0.350. The molecule has 0 saturated heterocycles. The van der Waals surface area contributed by atoms with Crippen LogP contribution in [-0.2, 0) is 9.59 Å². The summed E-state index contributed by atoms with van der Waals surface area (Å²) < 4.78 is 0. The summed E-state index contributed by atoms with van der Waals surface area (Å²) in [6, 6.07) is -0.990. The van der Waals surface area contributed by atoms with Gasteiger partial charge in [0.15, 0.2) is 0 Å². The van der Waals surface area contributed by atoms with E-state index in [9.17, 15) is 20.0 Å². The molecule has 2 N–H and O–H groups in total. The second-order valence-corrected chi connectivity index (χ2v) is 15.1. The van der Waals surface area contributed by atoms with Gasteiger partial charge in [0, 0.05) is 12.8 Å². The Morgan fingerprint density at radius 2 is 0.833 bits per heavy atom. The summed E-state index contributed by atoms with van der Waals surface area (Å²) in [5, 5.41) is 24.3. The lowest BCUT2D eigenvalue weighted by Gasteiger charge is -2.57. The average Bonchev–Trinajstić information content (AvgIpc) is 2.80. The van der Waals surface area contributed by atoms with Crippen LogP contribution in [0.4, 0.5) is 0 Å². The largest absolute Gasteiger partial charge is 0.286 e. The van der Waals surface area contributed by atoms with E-state index in [4.69, 9.17) is 0 Å². The Morgan fingerprint density at radius 3 is 1.11 bits per heavy atom.